The van der Waals surface area contributed by atoms with Crippen LogP contribution in [0.25, 0.3) is 0 Å². The Balaban J connectivity index is 1.93. The summed E-state index contributed by atoms with van der Waals surface area (Å²) in [5.41, 5.74) is 6.03. The molecule has 2 aliphatic carbocycles. The molecule has 0 bridgehead atoms. The third kappa shape index (κ3) is 1.64. The minimum atomic E-state index is -0.696. The zero-order valence-electron chi connectivity index (χ0n) is 10.3. The Bertz CT molecular complexity index is 384. The Morgan fingerprint density at radius 1 is 1.22 bits per heavy atom. The maximum Gasteiger partial charge on any atom is 0.306 e. The van der Waals surface area contributed by atoms with E-state index in [0.717, 1.165) is 25.7 Å². The van der Waals surface area contributed by atoms with Gasteiger partial charge in [-0.2, -0.15) is 0 Å². The van der Waals surface area contributed by atoms with Crippen molar-refractivity contribution in [3.8, 4) is 0 Å². The van der Waals surface area contributed by atoms with Crippen LogP contribution in [0.4, 0.5) is 0 Å². The SMILES string of the molecule is NC1NC(=O)C2CCCC3C(C(=O)O)CCC1C23. The lowest BCUT2D eigenvalue weighted by Gasteiger charge is -2.52. The largest absolute Gasteiger partial charge is 0.481 e. The Hall–Kier alpha value is -1.10. The van der Waals surface area contributed by atoms with Crippen molar-refractivity contribution in [3.63, 3.8) is 0 Å². The molecule has 2 saturated carbocycles. The number of nitrogens with two attached hydrogens (primary N) is 1. The number of hydrogen-bond donors (Lipinski definition) is 3. The molecule has 0 spiro atoms. The number of carbonyl (C=O) groups is 2. The molecule has 1 amide bonds. The molecular weight excluding hydrogens is 232 g/mol. The molecule has 1 heterocycles. The first-order chi connectivity index (χ1) is 8.59. The van der Waals surface area contributed by atoms with Crippen molar-refractivity contribution in [2.45, 2.75) is 38.3 Å². The Labute approximate surface area is 106 Å². The number of piperidine rings is 1. The van der Waals surface area contributed by atoms with Crippen LogP contribution in [-0.4, -0.2) is 23.1 Å². The van der Waals surface area contributed by atoms with E-state index in [0.29, 0.717) is 6.42 Å². The molecule has 4 N–H and O–H groups in total. The Morgan fingerprint density at radius 3 is 2.72 bits per heavy atom. The highest BCUT2D eigenvalue weighted by molar-refractivity contribution is 5.81. The van der Waals surface area contributed by atoms with E-state index >= 15 is 0 Å². The first-order valence-electron chi connectivity index (χ1n) is 6.88. The van der Waals surface area contributed by atoms with Crippen molar-refractivity contribution in [2.24, 2.45) is 35.3 Å². The van der Waals surface area contributed by atoms with Crippen LogP contribution in [-0.2, 0) is 9.59 Å². The van der Waals surface area contributed by atoms with E-state index in [4.69, 9.17) is 5.73 Å². The second-order valence-corrected chi connectivity index (χ2v) is 6.00. The first-order valence-corrected chi connectivity index (χ1v) is 6.88. The van der Waals surface area contributed by atoms with Crippen LogP contribution in [0.3, 0.4) is 0 Å². The van der Waals surface area contributed by atoms with Crippen molar-refractivity contribution >= 4 is 11.9 Å². The van der Waals surface area contributed by atoms with Gasteiger partial charge in [0.1, 0.15) is 0 Å². The zero-order chi connectivity index (χ0) is 12.9. The predicted molar refractivity (Wildman–Crippen MR) is 64.3 cm³/mol. The number of aliphatic carboxylic acids is 1. The zero-order valence-corrected chi connectivity index (χ0v) is 10.3. The average Bonchev–Trinajstić information content (AvgIpc) is 2.34. The van der Waals surface area contributed by atoms with Crippen molar-refractivity contribution < 1.29 is 14.7 Å². The summed E-state index contributed by atoms with van der Waals surface area (Å²) in [6, 6.07) is 0. The minimum absolute atomic E-state index is 0.00398. The van der Waals surface area contributed by atoms with E-state index < -0.39 is 5.97 Å². The van der Waals surface area contributed by atoms with E-state index in [-0.39, 0.29) is 41.7 Å². The second kappa shape index (κ2) is 4.23. The molecule has 5 heteroatoms. The molecule has 6 unspecified atom stereocenters. The topological polar surface area (TPSA) is 92.4 Å². The summed E-state index contributed by atoms with van der Waals surface area (Å²) in [7, 11) is 0. The van der Waals surface area contributed by atoms with Gasteiger partial charge in [-0.05, 0) is 43.4 Å². The van der Waals surface area contributed by atoms with Crippen LogP contribution in [0, 0.1) is 29.6 Å². The molecule has 5 nitrogen and oxygen atoms in total. The highest BCUT2D eigenvalue weighted by atomic mass is 16.4. The molecule has 100 valence electrons. The molecule has 0 aromatic carbocycles. The fourth-order valence-electron chi connectivity index (χ4n) is 4.53. The minimum Gasteiger partial charge on any atom is -0.481 e. The monoisotopic (exact) mass is 252 g/mol. The van der Waals surface area contributed by atoms with Gasteiger partial charge in [0.15, 0.2) is 0 Å². The van der Waals surface area contributed by atoms with Crippen molar-refractivity contribution in [1.29, 1.82) is 0 Å². The summed E-state index contributed by atoms with van der Waals surface area (Å²) in [5.74, 6) is -0.316. The third-order valence-electron chi connectivity index (χ3n) is 5.26. The molecule has 0 radical (unpaired) electrons. The highest BCUT2D eigenvalue weighted by Gasteiger charge is 2.53. The molecule has 0 aromatic heterocycles. The van der Waals surface area contributed by atoms with E-state index in [1.165, 1.54) is 0 Å². The number of carboxylic acids is 1. The van der Waals surface area contributed by atoms with Crippen molar-refractivity contribution in [2.75, 3.05) is 0 Å². The van der Waals surface area contributed by atoms with Crippen LogP contribution in [0.1, 0.15) is 32.1 Å². The Kier molecular flexibility index (Phi) is 2.81. The van der Waals surface area contributed by atoms with E-state index in [2.05, 4.69) is 5.32 Å². The number of carboxylic acid groups (broad SMARTS) is 1. The molecule has 18 heavy (non-hydrogen) atoms. The second-order valence-electron chi connectivity index (χ2n) is 6.00. The van der Waals surface area contributed by atoms with Crippen LogP contribution in [0.5, 0.6) is 0 Å². The lowest BCUT2D eigenvalue weighted by Crippen LogP contribution is -2.63. The summed E-state index contributed by atoms with van der Waals surface area (Å²) in [5, 5.41) is 12.2. The van der Waals surface area contributed by atoms with E-state index in [9.17, 15) is 14.7 Å². The van der Waals surface area contributed by atoms with Gasteiger partial charge in [-0.25, -0.2) is 0 Å². The molecule has 1 saturated heterocycles. The molecule has 0 aromatic rings. The van der Waals surface area contributed by atoms with Gasteiger partial charge in [0, 0.05) is 5.92 Å². The number of amides is 1. The van der Waals surface area contributed by atoms with Crippen LogP contribution in [0.15, 0.2) is 0 Å². The van der Waals surface area contributed by atoms with Crippen molar-refractivity contribution in [3.05, 3.63) is 0 Å². The molecule has 3 rings (SSSR count). The summed E-state index contributed by atoms with van der Waals surface area (Å²) in [4.78, 5) is 23.4. The van der Waals surface area contributed by atoms with E-state index in [1.807, 2.05) is 0 Å². The normalized spacial score (nSPS) is 47.1. The van der Waals surface area contributed by atoms with Gasteiger partial charge in [0.25, 0.3) is 0 Å². The molecule has 1 aliphatic heterocycles. The quantitative estimate of drug-likeness (QED) is 0.635. The highest BCUT2D eigenvalue weighted by Crippen LogP contribution is 2.51. The summed E-state index contributed by atoms with van der Waals surface area (Å²) < 4.78 is 0. The fraction of sp³-hybridized carbons (Fsp3) is 0.846. The van der Waals surface area contributed by atoms with Gasteiger partial charge in [-0.3, -0.25) is 9.59 Å². The maximum absolute atomic E-state index is 12.0. The van der Waals surface area contributed by atoms with Gasteiger partial charge in [-0.1, -0.05) is 6.42 Å². The third-order valence-corrected chi connectivity index (χ3v) is 5.26. The summed E-state index contributed by atoms with van der Waals surface area (Å²) >= 11 is 0. The molecular formula is C13H20N2O3. The van der Waals surface area contributed by atoms with Gasteiger partial charge in [-0.15, -0.1) is 0 Å². The fourth-order valence-corrected chi connectivity index (χ4v) is 4.53. The standard InChI is InChI=1S/C13H20N2O3/c14-11-8-5-4-7(13(17)18)6-2-1-3-9(10(6)8)12(16)15-11/h6-11H,1-5,14H2,(H,15,16)(H,17,18). The van der Waals surface area contributed by atoms with Crippen LogP contribution >= 0.6 is 0 Å². The van der Waals surface area contributed by atoms with Crippen LogP contribution in [0.2, 0.25) is 0 Å². The van der Waals surface area contributed by atoms with E-state index in [1.54, 1.807) is 0 Å². The number of carbonyl (C=O) groups excluding carboxylic acids is 1. The molecule has 3 fully saturated rings. The average molecular weight is 252 g/mol. The molecule has 6 atom stereocenters. The lowest BCUT2D eigenvalue weighted by molar-refractivity contribution is -0.156. The van der Waals surface area contributed by atoms with Gasteiger partial charge in [0.05, 0.1) is 12.1 Å². The molecule has 3 aliphatic rings. The predicted octanol–water partition coefficient (Wildman–Crippen LogP) is 0.544. The van der Waals surface area contributed by atoms with Crippen molar-refractivity contribution in [1.82, 2.24) is 5.32 Å². The van der Waals surface area contributed by atoms with Crippen LogP contribution < -0.4 is 11.1 Å². The number of nitrogens with one attached hydrogen (secondary N) is 1. The number of hydrogen-bond acceptors (Lipinski definition) is 3. The summed E-state index contributed by atoms with van der Waals surface area (Å²) in [6.07, 6.45) is 4.05. The van der Waals surface area contributed by atoms with Gasteiger partial charge >= 0.3 is 5.97 Å². The lowest BCUT2D eigenvalue weighted by atomic mass is 9.55. The van der Waals surface area contributed by atoms with Gasteiger partial charge in [0.2, 0.25) is 5.91 Å². The maximum atomic E-state index is 12.0. The van der Waals surface area contributed by atoms with Gasteiger partial charge < -0.3 is 16.2 Å². The Morgan fingerprint density at radius 2 is 2.00 bits per heavy atom. The number of rotatable bonds is 1. The smallest absolute Gasteiger partial charge is 0.306 e. The summed E-state index contributed by atoms with van der Waals surface area (Å²) in [6.45, 7) is 0. The first kappa shape index (κ1) is 12.0.